The van der Waals surface area contributed by atoms with E-state index in [1.807, 2.05) is 18.2 Å². The molecular weight excluding hydrogens is 396 g/mol. The largest absolute Gasteiger partial charge is 0.486 e. The van der Waals surface area contributed by atoms with Gasteiger partial charge in [0.25, 0.3) is 5.91 Å². The van der Waals surface area contributed by atoms with Crippen molar-refractivity contribution in [3.63, 3.8) is 0 Å². The van der Waals surface area contributed by atoms with E-state index in [1.54, 1.807) is 30.3 Å². The van der Waals surface area contributed by atoms with Crippen molar-refractivity contribution < 1.29 is 22.8 Å². The Morgan fingerprint density at radius 3 is 2.41 bits per heavy atom. The minimum atomic E-state index is -3.61. The topological polar surface area (TPSA) is 123 Å². The average molecular weight is 420 g/mol. The van der Waals surface area contributed by atoms with Gasteiger partial charge in [-0.05, 0) is 23.8 Å². The Labute approximate surface area is 170 Å². The van der Waals surface area contributed by atoms with E-state index in [4.69, 9.17) is 15.3 Å². The number of hydrogen-bond acceptors (Lipinski definition) is 6. The molecule has 0 atom stereocenters. The molecule has 0 heterocycles. The third kappa shape index (κ3) is 6.77. The van der Waals surface area contributed by atoms with Crippen LogP contribution in [0.4, 0.5) is 0 Å². The lowest BCUT2D eigenvalue weighted by molar-refractivity contribution is -0.125. The van der Waals surface area contributed by atoms with E-state index >= 15 is 0 Å². The summed E-state index contributed by atoms with van der Waals surface area (Å²) < 4.78 is 31.2. The van der Waals surface area contributed by atoms with E-state index in [1.165, 1.54) is 20.2 Å². The van der Waals surface area contributed by atoms with Crippen LogP contribution >= 0.6 is 0 Å². The molecule has 9 nitrogen and oxygen atoms in total. The predicted molar refractivity (Wildman–Crippen MR) is 109 cm³/mol. The Balaban J connectivity index is 1.82. The molecule has 0 saturated heterocycles. The van der Waals surface area contributed by atoms with Crippen LogP contribution in [0.2, 0.25) is 0 Å². The van der Waals surface area contributed by atoms with Crippen LogP contribution in [-0.4, -0.2) is 51.8 Å². The summed E-state index contributed by atoms with van der Waals surface area (Å²) in [6, 6.07) is 15.5. The molecule has 156 valence electrons. The Morgan fingerprint density at radius 2 is 1.72 bits per heavy atom. The molecule has 2 aromatic carbocycles. The molecule has 0 spiro atoms. The van der Waals surface area contributed by atoms with Gasteiger partial charge in [0.1, 0.15) is 12.4 Å². The molecule has 0 saturated carbocycles. The predicted octanol–water partition coefficient (Wildman–Crippen LogP) is 0.921. The van der Waals surface area contributed by atoms with Crippen molar-refractivity contribution in [1.29, 1.82) is 0 Å². The summed E-state index contributed by atoms with van der Waals surface area (Å²) in [6.07, 6.45) is 0. The number of ether oxygens (including phenoxy) is 1. The molecule has 3 N–H and O–H groups in total. The quantitative estimate of drug-likeness (QED) is 0.335. The van der Waals surface area contributed by atoms with Crippen molar-refractivity contribution in [2.24, 2.45) is 10.9 Å². The van der Waals surface area contributed by atoms with Crippen LogP contribution in [0, 0.1) is 0 Å². The van der Waals surface area contributed by atoms with E-state index in [0.717, 1.165) is 4.31 Å². The van der Waals surface area contributed by atoms with Gasteiger partial charge in [-0.3, -0.25) is 4.79 Å². The van der Waals surface area contributed by atoms with Crippen molar-refractivity contribution in [3.05, 3.63) is 60.2 Å². The molecule has 1 amide bonds. The van der Waals surface area contributed by atoms with Gasteiger partial charge in [0.2, 0.25) is 10.0 Å². The van der Waals surface area contributed by atoms with Crippen LogP contribution in [0.1, 0.15) is 5.56 Å². The Kier molecular flexibility index (Phi) is 7.98. The third-order valence-corrected chi connectivity index (χ3v) is 5.63. The summed E-state index contributed by atoms with van der Waals surface area (Å²) in [5.41, 5.74) is 6.13. The highest BCUT2D eigenvalue weighted by Gasteiger charge is 2.20. The van der Waals surface area contributed by atoms with E-state index in [2.05, 4.69) is 10.5 Å². The number of amides is 1. The monoisotopic (exact) mass is 420 g/mol. The summed E-state index contributed by atoms with van der Waals surface area (Å²) in [6.45, 7) is -0.322. The molecule has 0 aliphatic heterocycles. The van der Waals surface area contributed by atoms with E-state index in [9.17, 15) is 13.2 Å². The first-order chi connectivity index (χ1) is 13.8. The van der Waals surface area contributed by atoms with Crippen molar-refractivity contribution in [2.75, 3.05) is 27.3 Å². The normalized spacial score (nSPS) is 11.9. The Hall–Kier alpha value is -3.11. The van der Waals surface area contributed by atoms with Gasteiger partial charge in [0, 0.05) is 20.6 Å². The maximum absolute atomic E-state index is 12.4. The molecule has 0 aliphatic carbocycles. The van der Waals surface area contributed by atoms with Crippen molar-refractivity contribution in [2.45, 2.75) is 11.4 Å². The van der Waals surface area contributed by atoms with Crippen LogP contribution in [0.3, 0.4) is 0 Å². The maximum Gasteiger partial charge on any atom is 0.261 e. The second kappa shape index (κ2) is 10.4. The summed E-state index contributed by atoms with van der Waals surface area (Å²) in [5.74, 6) is 0.237. The zero-order valence-corrected chi connectivity index (χ0v) is 17.1. The third-order valence-electron chi connectivity index (χ3n) is 3.71. The standard InChI is InChI=1S/C19H24N4O5S/c1-23(2)29(25,26)17-11-7-6-8-15(17)12-21-19(24)14-28-22-18(20)13-27-16-9-4-3-5-10-16/h3-11H,12-14H2,1-2H3,(H2,20,22)(H,21,24). The highest BCUT2D eigenvalue weighted by molar-refractivity contribution is 7.89. The first-order valence-electron chi connectivity index (χ1n) is 8.70. The molecule has 0 unspecified atom stereocenters. The first kappa shape index (κ1) is 22.2. The van der Waals surface area contributed by atoms with Crippen molar-refractivity contribution >= 4 is 21.8 Å². The second-order valence-corrected chi connectivity index (χ2v) is 8.25. The number of sulfonamides is 1. The fraction of sp³-hybridized carbons (Fsp3) is 0.263. The van der Waals surface area contributed by atoms with E-state index in [-0.39, 0.29) is 30.5 Å². The van der Waals surface area contributed by atoms with Gasteiger partial charge in [-0.2, -0.15) is 0 Å². The number of oxime groups is 1. The number of nitrogens with one attached hydrogen (secondary N) is 1. The molecule has 0 aromatic heterocycles. The summed E-state index contributed by atoms with van der Waals surface area (Å²) in [4.78, 5) is 17.0. The highest BCUT2D eigenvalue weighted by Crippen LogP contribution is 2.18. The van der Waals surface area contributed by atoms with Crippen molar-refractivity contribution in [3.8, 4) is 5.75 Å². The number of amidine groups is 1. The minimum Gasteiger partial charge on any atom is -0.486 e. The molecule has 0 aliphatic rings. The molecule has 2 aromatic rings. The van der Waals surface area contributed by atoms with Crippen LogP contribution < -0.4 is 15.8 Å². The number of para-hydroxylation sites is 1. The van der Waals surface area contributed by atoms with E-state index in [0.29, 0.717) is 11.3 Å². The van der Waals surface area contributed by atoms with Gasteiger partial charge >= 0.3 is 0 Å². The Morgan fingerprint density at radius 1 is 1.07 bits per heavy atom. The first-order valence-corrected chi connectivity index (χ1v) is 10.1. The average Bonchev–Trinajstić information content (AvgIpc) is 2.71. The molecule has 2 rings (SSSR count). The van der Waals surface area contributed by atoms with Crippen LogP contribution in [0.25, 0.3) is 0 Å². The summed E-state index contributed by atoms with van der Waals surface area (Å²) in [7, 11) is -0.721. The number of carbonyl (C=O) groups excluding carboxylic acids is 1. The smallest absolute Gasteiger partial charge is 0.261 e. The number of rotatable bonds is 10. The molecule has 10 heteroatoms. The SMILES string of the molecule is CN(C)S(=O)(=O)c1ccccc1CNC(=O)CO/N=C(/N)COc1ccccc1. The Bertz CT molecular complexity index is 946. The van der Waals surface area contributed by atoms with Crippen LogP contribution in [0.15, 0.2) is 64.6 Å². The van der Waals surface area contributed by atoms with Crippen LogP contribution in [-0.2, 0) is 26.2 Å². The van der Waals surface area contributed by atoms with Gasteiger partial charge in [-0.25, -0.2) is 12.7 Å². The molecule has 0 bridgehead atoms. The molecular formula is C19H24N4O5S. The van der Waals surface area contributed by atoms with Gasteiger partial charge in [-0.15, -0.1) is 0 Å². The second-order valence-electron chi connectivity index (χ2n) is 6.13. The number of nitrogens with zero attached hydrogens (tertiary/aromatic N) is 2. The van der Waals surface area contributed by atoms with Gasteiger partial charge in [-0.1, -0.05) is 41.6 Å². The number of nitrogens with two attached hydrogens (primary N) is 1. The van der Waals surface area contributed by atoms with Crippen LogP contribution in [0.5, 0.6) is 5.75 Å². The zero-order chi connectivity index (χ0) is 21.3. The number of benzene rings is 2. The summed E-state index contributed by atoms with van der Waals surface area (Å²) >= 11 is 0. The summed E-state index contributed by atoms with van der Waals surface area (Å²) in [5, 5.41) is 6.21. The lowest BCUT2D eigenvalue weighted by atomic mass is 10.2. The maximum atomic E-state index is 12.4. The fourth-order valence-corrected chi connectivity index (χ4v) is 3.33. The number of hydrogen-bond donors (Lipinski definition) is 2. The zero-order valence-electron chi connectivity index (χ0n) is 16.2. The van der Waals surface area contributed by atoms with Gasteiger partial charge in [0.05, 0.1) is 4.90 Å². The number of carbonyl (C=O) groups is 1. The highest BCUT2D eigenvalue weighted by atomic mass is 32.2. The fourth-order valence-electron chi connectivity index (χ4n) is 2.22. The lowest BCUT2D eigenvalue weighted by Gasteiger charge is -2.15. The molecule has 0 radical (unpaired) electrons. The molecule has 0 fully saturated rings. The van der Waals surface area contributed by atoms with Gasteiger partial charge in [0.15, 0.2) is 12.4 Å². The minimum absolute atomic E-state index is 0.0153. The van der Waals surface area contributed by atoms with Gasteiger partial charge < -0.3 is 20.6 Å². The van der Waals surface area contributed by atoms with E-state index < -0.39 is 15.9 Å². The van der Waals surface area contributed by atoms with Crippen molar-refractivity contribution in [1.82, 2.24) is 9.62 Å². The lowest BCUT2D eigenvalue weighted by Crippen LogP contribution is -2.29. The molecule has 29 heavy (non-hydrogen) atoms.